The third kappa shape index (κ3) is 8.42. The lowest BCUT2D eigenvalue weighted by Gasteiger charge is -2.12. The molecule has 0 saturated carbocycles. The molecular formula is C18H35NO. The van der Waals surface area contributed by atoms with Crippen molar-refractivity contribution in [3.63, 3.8) is 0 Å². The fraction of sp³-hybridized carbons (Fsp3) is 0.778. The summed E-state index contributed by atoms with van der Waals surface area (Å²) in [7, 11) is 1.72. The Morgan fingerprint density at radius 2 is 1.70 bits per heavy atom. The van der Waals surface area contributed by atoms with Crippen LogP contribution in [0, 0.1) is 0 Å². The zero-order valence-electron chi connectivity index (χ0n) is 14.4. The summed E-state index contributed by atoms with van der Waals surface area (Å²) >= 11 is 0. The highest BCUT2D eigenvalue weighted by molar-refractivity contribution is 5.26. The third-order valence-corrected chi connectivity index (χ3v) is 3.58. The molecule has 0 N–H and O–H groups in total. The standard InChI is InChI=1S/C8H17N.C8H12O.C2H6/c1-2-3-6-9-7-4-5-8-9;1-7-5-3-4-6-8(7)9-2;1-2/h2-8H2,1H3;5-6H,3-4H2,1-2H3;1-2H3. The number of ether oxygens (including phenoxy) is 1. The highest BCUT2D eigenvalue weighted by atomic mass is 16.5. The molecule has 118 valence electrons. The molecule has 2 heteroatoms. The second-order valence-electron chi connectivity index (χ2n) is 5.14. The van der Waals surface area contributed by atoms with E-state index in [1.807, 2.05) is 13.8 Å². The van der Waals surface area contributed by atoms with Gasteiger partial charge in [0.1, 0.15) is 5.76 Å². The van der Waals surface area contributed by atoms with Crippen molar-refractivity contribution >= 4 is 0 Å². The summed E-state index contributed by atoms with van der Waals surface area (Å²) < 4.78 is 5.10. The first-order valence-electron chi connectivity index (χ1n) is 8.41. The van der Waals surface area contributed by atoms with Crippen LogP contribution in [0.25, 0.3) is 0 Å². The summed E-state index contributed by atoms with van der Waals surface area (Å²) in [5, 5.41) is 0. The Labute approximate surface area is 126 Å². The number of unbranched alkanes of at least 4 members (excludes halogenated alkanes) is 1. The smallest absolute Gasteiger partial charge is 0.117 e. The van der Waals surface area contributed by atoms with Crippen LogP contribution in [0.15, 0.2) is 23.5 Å². The van der Waals surface area contributed by atoms with E-state index in [-0.39, 0.29) is 0 Å². The fourth-order valence-electron chi connectivity index (χ4n) is 2.41. The zero-order chi connectivity index (χ0) is 15.2. The van der Waals surface area contributed by atoms with Gasteiger partial charge < -0.3 is 9.64 Å². The Balaban J connectivity index is 0.000000321. The molecule has 1 saturated heterocycles. The van der Waals surface area contributed by atoms with E-state index in [0.717, 1.165) is 12.2 Å². The maximum Gasteiger partial charge on any atom is 0.117 e. The second kappa shape index (κ2) is 13.2. The number of methoxy groups -OCH3 is 1. The molecule has 0 spiro atoms. The number of hydrogen-bond donors (Lipinski definition) is 0. The Morgan fingerprint density at radius 1 is 1.10 bits per heavy atom. The molecule has 0 radical (unpaired) electrons. The largest absolute Gasteiger partial charge is 0.497 e. The van der Waals surface area contributed by atoms with E-state index in [0.29, 0.717) is 0 Å². The summed E-state index contributed by atoms with van der Waals surface area (Å²) in [5.41, 5.74) is 1.27. The van der Waals surface area contributed by atoms with Crippen molar-refractivity contribution in [1.29, 1.82) is 0 Å². The number of rotatable bonds is 4. The van der Waals surface area contributed by atoms with Gasteiger partial charge in [0.05, 0.1) is 7.11 Å². The fourth-order valence-corrected chi connectivity index (χ4v) is 2.41. The van der Waals surface area contributed by atoms with Crippen LogP contribution in [0.5, 0.6) is 0 Å². The van der Waals surface area contributed by atoms with E-state index in [1.165, 1.54) is 57.3 Å². The molecule has 1 aliphatic carbocycles. The van der Waals surface area contributed by atoms with Gasteiger partial charge in [-0.1, -0.05) is 33.3 Å². The summed E-state index contributed by atoms with van der Waals surface area (Å²) in [6.45, 7) is 12.4. The molecule has 20 heavy (non-hydrogen) atoms. The zero-order valence-corrected chi connectivity index (χ0v) is 14.4. The van der Waals surface area contributed by atoms with E-state index in [2.05, 4.69) is 30.9 Å². The van der Waals surface area contributed by atoms with Crippen molar-refractivity contribution in [2.24, 2.45) is 0 Å². The molecular weight excluding hydrogens is 246 g/mol. The SMILES string of the molecule is CC.CCCCN1CCCC1.COC1=CCCC=C1C. The van der Waals surface area contributed by atoms with Crippen molar-refractivity contribution in [3.05, 3.63) is 23.5 Å². The molecule has 0 amide bonds. The molecule has 1 fully saturated rings. The van der Waals surface area contributed by atoms with Gasteiger partial charge in [0.2, 0.25) is 0 Å². The van der Waals surface area contributed by atoms with Crippen LogP contribution in [0.4, 0.5) is 0 Å². The summed E-state index contributed by atoms with van der Waals surface area (Å²) in [6, 6.07) is 0. The average Bonchev–Trinajstić information content (AvgIpc) is 3.02. The van der Waals surface area contributed by atoms with Crippen LogP contribution < -0.4 is 0 Å². The molecule has 2 rings (SSSR count). The Bertz CT molecular complexity index is 275. The summed E-state index contributed by atoms with van der Waals surface area (Å²) in [6.07, 6.45) is 12.2. The Morgan fingerprint density at radius 3 is 2.15 bits per heavy atom. The lowest BCUT2D eigenvalue weighted by atomic mass is 10.1. The minimum Gasteiger partial charge on any atom is -0.497 e. The van der Waals surface area contributed by atoms with Crippen molar-refractivity contribution in [3.8, 4) is 0 Å². The van der Waals surface area contributed by atoms with Gasteiger partial charge in [-0.25, -0.2) is 0 Å². The Kier molecular flexibility index (Phi) is 12.7. The predicted molar refractivity (Wildman–Crippen MR) is 90.0 cm³/mol. The number of allylic oxidation sites excluding steroid dienone is 3. The lowest BCUT2D eigenvalue weighted by molar-refractivity contribution is 0.297. The molecule has 0 aromatic carbocycles. The molecule has 1 heterocycles. The van der Waals surface area contributed by atoms with E-state index in [9.17, 15) is 0 Å². The van der Waals surface area contributed by atoms with Gasteiger partial charge in [-0.2, -0.15) is 0 Å². The Hall–Kier alpha value is -0.760. The van der Waals surface area contributed by atoms with E-state index < -0.39 is 0 Å². The third-order valence-electron chi connectivity index (χ3n) is 3.58. The molecule has 0 aromatic rings. The first-order valence-corrected chi connectivity index (χ1v) is 8.41. The van der Waals surface area contributed by atoms with Gasteiger partial charge in [-0.15, -0.1) is 0 Å². The van der Waals surface area contributed by atoms with Crippen molar-refractivity contribution in [1.82, 2.24) is 4.90 Å². The van der Waals surface area contributed by atoms with E-state index >= 15 is 0 Å². The van der Waals surface area contributed by atoms with Crippen LogP contribution in [0.3, 0.4) is 0 Å². The normalized spacial score (nSPS) is 18.1. The maximum absolute atomic E-state index is 5.10. The maximum atomic E-state index is 5.10. The van der Waals surface area contributed by atoms with Crippen LogP contribution in [0.2, 0.25) is 0 Å². The highest BCUT2D eigenvalue weighted by Crippen LogP contribution is 2.17. The van der Waals surface area contributed by atoms with Crippen LogP contribution in [-0.2, 0) is 4.74 Å². The van der Waals surface area contributed by atoms with Gasteiger partial charge in [-0.05, 0) is 70.3 Å². The average molecular weight is 281 g/mol. The van der Waals surface area contributed by atoms with Crippen LogP contribution >= 0.6 is 0 Å². The van der Waals surface area contributed by atoms with Crippen molar-refractivity contribution in [2.45, 2.75) is 66.2 Å². The molecule has 0 atom stereocenters. The first kappa shape index (κ1) is 19.2. The van der Waals surface area contributed by atoms with Gasteiger partial charge in [0, 0.05) is 0 Å². The monoisotopic (exact) mass is 281 g/mol. The summed E-state index contributed by atoms with van der Waals surface area (Å²) in [5.74, 6) is 1.04. The van der Waals surface area contributed by atoms with Gasteiger partial charge >= 0.3 is 0 Å². The quantitative estimate of drug-likeness (QED) is 0.705. The topological polar surface area (TPSA) is 12.5 Å². The molecule has 1 aliphatic heterocycles. The highest BCUT2D eigenvalue weighted by Gasteiger charge is 2.09. The molecule has 0 aromatic heterocycles. The van der Waals surface area contributed by atoms with Crippen molar-refractivity contribution < 1.29 is 4.74 Å². The van der Waals surface area contributed by atoms with Gasteiger partial charge in [0.15, 0.2) is 0 Å². The van der Waals surface area contributed by atoms with Crippen LogP contribution in [0.1, 0.15) is 66.2 Å². The van der Waals surface area contributed by atoms with E-state index in [1.54, 1.807) is 7.11 Å². The molecule has 0 bridgehead atoms. The van der Waals surface area contributed by atoms with E-state index in [4.69, 9.17) is 4.74 Å². The lowest BCUT2D eigenvalue weighted by Crippen LogP contribution is -2.19. The number of likely N-dealkylation sites (tertiary alicyclic amines) is 1. The predicted octanol–water partition coefficient (Wildman–Crippen LogP) is 5.17. The number of nitrogens with zero attached hydrogens (tertiary/aromatic N) is 1. The minimum atomic E-state index is 1.04. The minimum absolute atomic E-state index is 1.04. The van der Waals surface area contributed by atoms with Crippen molar-refractivity contribution in [2.75, 3.05) is 26.7 Å². The van der Waals surface area contributed by atoms with Gasteiger partial charge in [-0.3, -0.25) is 0 Å². The van der Waals surface area contributed by atoms with Gasteiger partial charge in [0.25, 0.3) is 0 Å². The number of hydrogen-bond acceptors (Lipinski definition) is 2. The first-order chi connectivity index (χ1) is 9.77. The second-order valence-corrected chi connectivity index (χ2v) is 5.14. The molecule has 2 aliphatic rings. The molecule has 0 unspecified atom stereocenters. The summed E-state index contributed by atoms with van der Waals surface area (Å²) in [4.78, 5) is 2.57. The van der Waals surface area contributed by atoms with Crippen LogP contribution in [-0.4, -0.2) is 31.6 Å². The molecule has 2 nitrogen and oxygen atoms in total.